The monoisotopic (exact) mass is 375 g/mol. The molecule has 144 valence electrons. The largest absolute Gasteiger partial charge is 0.394 e. The number of carbonyl (C=O) groups excluding carboxylic acids is 2. The van der Waals surface area contributed by atoms with Crippen LogP contribution in [0.5, 0.6) is 0 Å². The first-order valence-electron chi connectivity index (χ1n) is 8.92. The van der Waals surface area contributed by atoms with E-state index in [1.165, 1.54) is 0 Å². The van der Waals surface area contributed by atoms with Crippen LogP contribution in [0.1, 0.15) is 25.7 Å². The number of amides is 3. The number of thioether (sulfide) groups is 1. The first-order chi connectivity index (χ1) is 12.2. The molecule has 8 nitrogen and oxygen atoms in total. The van der Waals surface area contributed by atoms with Crippen molar-refractivity contribution < 1.29 is 24.2 Å². The van der Waals surface area contributed by atoms with Crippen molar-refractivity contribution >= 4 is 23.7 Å². The van der Waals surface area contributed by atoms with Crippen LogP contribution in [-0.2, 0) is 14.3 Å². The van der Waals surface area contributed by atoms with Crippen molar-refractivity contribution in [3.05, 3.63) is 0 Å². The second kappa shape index (κ2) is 11.6. The highest BCUT2D eigenvalue weighted by Gasteiger charge is 2.42. The van der Waals surface area contributed by atoms with Gasteiger partial charge in [-0.25, -0.2) is 4.79 Å². The molecular weight excluding hydrogens is 346 g/mol. The number of fused-ring (bicyclic) bond motifs is 1. The van der Waals surface area contributed by atoms with Gasteiger partial charge in [0.05, 0.1) is 45.1 Å². The lowest BCUT2D eigenvalue weighted by molar-refractivity contribution is -0.121. The standard InChI is InChI=1S/C16H29N3O5S/c20-6-8-24-10-9-23-7-5-17-14(21)4-2-1-3-13-15-12(11-25-13)18-16(22)19-15/h12-13,15,20H,1-11H2,(H,17,21)(H2,18,19,22). The zero-order valence-corrected chi connectivity index (χ0v) is 15.3. The van der Waals surface area contributed by atoms with E-state index in [-0.39, 0.29) is 30.6 Å². The highest BCUT2D eigenvalue weighted by molar-refractivity contribution is 8.00. The minimum atomic E-state index is -0.0538. The number of urea groups is 1. The first kappa shape index (κ1) is 20.3. The molecule has 0 bridgehead atoms. The fraction of sp³-hybridized carbons (Fsp3) is 0.875. The van der Waals surface area contributed by atoms with Crippen molar-refractivity contribution in [2.75, 3.05) is 45.3 Å². The van der Waals surface area contributed by atoms with Crippen LogP contribution in [0.15, 0.2) is 0 Å². The van der Waals surface area contributed by atoms with Crippen LogP contribution in [0, 0.1) is 0 Å². The van der Waals surface area contributed by atoms with Gasteiger partial charge in [-0.2, -0.15) is 11.8 Å². The van der Waals surface area contributed by atoms with Crippen LogP contribution in [0.3, 0.4) is 0 Å². The van der Waals surface area contributed by atoms with Crippen molar-refractivity contribution in [1.29, 1.82) is 0 Å². The number of carbonyl (C=O) groups is 2. The van der Waals surface area contributed by atoms with E-state index in [1.807, 2.05) is 11.8 Å². The maximum absolute atomic E-state index is 11.7. The molecule has 2 saturated heterocycles. The lowest BCUT2D eigenvalue weighted by atomic mass is 10.0. The average Bonchev–Trinajstić information content (AvgIpc) is 3.13. The molecule has 2 aliphatic rings. The van der Waals surface area contributed by atoms with Gasteiger partial charge >= 0.3 is 6.03 Å². The van der Waals surface area contributed by atoms with E-state index in [1.54, 1.807) is 0 Å². The Morgan fingerprint density at radius 2 is 2.00 bits per heavy atom. The van der Waals surface area contributed by atoms with Crippen molar-refractivity contribution in [3.63, 3.8) is 0 Å². The molecule has 25 heavy (non-hydrogen) atoms. The third kappa shape index (κ3) is 7.39. The molecule has 0 aromatic heterocycles. The number of aliphatic hydroxyl groups is 1. The topological polar surface area (TPSA) is 109 Å². The quantitative estimate of drug-likeness (QED) is 0.263. The lowest BCUT2D eigenvalue weighted by Gasteiger charge is -2.16. The first-order valence-corrected chi connectivity index (χ1v) is 9.97. The Morgan fingerprint density at radius 1 is 1.20 bits per heavy atom. The Labute approximate surface area is 152 Å². The molecule has 2 heterocycles. The molecular formula is C16H29N3O5S. The van der Waals surface area contributed by atoms with Gasteiger partial charge in [0.25, 0.3) is 0 Å². The van der Waals surface area contributed by atoms with E-state index in [0.29, 0.717) is 44.6 Å². The van der Waals surface area contributed by atoms with E-state index in [0.717, 1.165) is 25.0 Å². The third-order valence-corrected chi connectivity index (χ3v) is 5.77. The van der Waals surface area contributed by atoms with Gasteiger partial charge in [-0.1, -0.05) is 6.42 Å². The summed E-state index contributed by atoms with van der Waals surface area (Å²) in [5, 5.41) is 17.7. The van der Waals surface area contributed by atoms with Crippen molar-refractivity contribution in [1.82, 2.24) is 16.0 Å². The Hall–Kier alpha value is -1.03. The summed E-state index contributed by atoms with van der Waals surface area (Å²) in [7, 11) is 0. The van der Waals surface area contributed by atoms with E-state index < -0.39 is 0 Å². The number of aliphatic hydroxyl groups excluding tert-OH is 1. The Balaban J connectivity index is 1.41. The normalized spacial score (nSPS) is 24.7. The lowest BCUT2D eigenvalue weighted by Crippen LogP contribution is -2.36. The summed E-state index contributed by atoms with van der Waals surface area (Å²) in [5.41, 5.74) is 0. The van der Waals surface area contributed by atoms with E-state index >= 15 is 0 Å². The van der Waals surface area contributed by atoms with Gasteiger partial charge in [-0.05, 0) is 12.8 Å². The predicted molar refractivity (Wildman–Crippen MR) is 95.7 cm³/mol. The SMILES string of the molecule is O=C(CCCCC1SCC2NC(=O)NC21)NCCOCCOCCO. The summed E-state index contributed by atoms with van der Waals surface area (Å²) in [4.78, 5) is 23.1. The fourth-order valence-corrected chi connectivity index (χ4v) is 4.56. The van der Waals surface area contributed by atoms with Gasteiger partial charge in [0.15, 0.2) is 0 Å². The number of nitrogens with one attached hydrogen (secondary N) is 3. The van der Waals surface area contributed by atoms with Crippen LogP contribution in [0.2, 0.25) is 0 Å². The third-order valence-electron chi connectivity index (χ3n) is 4.26. The molecule has 2 rings (SSSR count). The zero-order valence-electron chi connectivity index (χ0n) is 14.5. The second-order valence-electron chi connectivity index (χ2n) is 6.17. The van der Waals surface area contributed by atoms with E-state index in [4.69, 9.17) is 14.6 Å². The number of hydrogen-bond donors (Lipinski definition) is 4. The molecule has 0 aliphatic carbocycles. The Bertz CT molecular complexity index is 427. The van der Waals surface area contributed by atoms with Crippen LogP contribution in [0.25, 0.3) is 0 Å². The molecule has 3 amide bonds. The predicted octanol–water partition coefficient (Wildman–Crippen LogP) is -0.146. The molecule has 0 radical (unpaired) electrons. The van der Waals surface area contributed by atoms with Crippen LogP contribution in [-0.4, -0.2) is 79.7 Å². The molecule has 0 aromatic carbocycles. The molecule has 2 fully saturated rings. The molecule has 4 N–H and O–H groups in total. The van der Waals surface area contributed by atoms with Crippen molar-refractivity contribution in [2.45, 2.75) is 43.0 Å². The highest BCUT2D eigenvalue weighted by atomic mass is 32.2. The average molecular weight is 375 g/mol. The van der Waals surface area contributed by atoms with E-state index in [2.05, 4.69) is 16.0 Å². The Kier molecular flexibility index (Phi) is 9.38. The summed E-state index contributed by atoms with van der Waals surface area (Å²) >= 11 is 1.90. The smallest absolute Gasteiger partial charge is 0.315 e. The molecule has 0 spiro atoms. The molecule has 0 aromatic rings. The minimum Gasteiger partial charge on any atom is -0.394 e. The summed E-state index contributed by atoms with van der Waals surface area (Å²) in [6, 6.07) is 0.450. The van der Waals surface area contributed by atoms with Crippen LogP contribution in [0.4, 0.5) is 4.79 Å². The van der Waals surface area contributed by atoms with Crippen LogP contribution < -0.4 is 16.0 Å². The molecule has 0 saturated carbocycles. The number of ether oxygens (including phenoxy) is 2. The van der Waals surface area contributed by atoms with Gasteiger partial charge in [0, 0.05) is 24.0 Å². The zero-order chi connectivity index (χ0) is 17.9. The van der Waals surface area contributed by atoms with Crippen molar-refractivity contribution in [3.8, 4) is 0 Å². The molecule has 2 aliphatic heterocycles. The van der Waals surface area contributed by atoms with E-state index in [9.17, 15) is 9.59 Å². The molecule has 3 unspecified atom stereocenters. The highest BCUT2D eigenvalue weighted by Crippen LogP contribution is 2.33. The maximum atomic E-state index is 11.7. The Morgan fingerprint density at radius 3 is 2.80 bits per heavy atom. The van der Waals surface area contributed by atoms with Crippen molar-refractivity contribution in [2.24, 2.45) is 0 Å². The van der Waals surface area contributed by atoms with Gasteiger partial charge in [0.1, 0.15) is 0 Å². The van der Waals surface area contributed by atoms with Gasteiger partial charge in [0.2, 0.25) is 5.91 Å². The molecule has 3 atom stereocenters. The molecule has 9 heteroatoms. The van der Waals surface area contributed by atoms with Gasteiger partial charge in [-0.3, -0.25) is 4.79 Å². The minimum absolute atomic E-state index is 0.0161. The van der Waals surface area contributed by atoms with Gasteiger partial charge in [-0.15, -0.1) is 0 Å². The second-order valence-corrected chi connectivity index (χ2v) is 7.44. The summed E-state index contributed by atoms with van der Waals surface area (Å²) in [5.74, 6) is 1.02. The number of unbranched alkanes of at least 4 members (excludes halogenated alkanes) is 1. The summed E-state index contributed by atoms with van der Waals surface area (Å²) < 4.78 is 10.4. The maximum Gasteiger partial charge on any atom is 0.315 e. The van der Waals surface area contributed by atoms with Gasteiger partial charge < -0.3 is 30.5 Å². The number of hydrogen-bond acceptors (Lipinski definition) is 6. The summed E-state index contributed by atoms with van der Waals surface area (Å²) in [6.45, 7) is 2.21. The fourth-order valence-electron chi connectivity index (χ4n) is 3.01. The van der Waals surface area contributed by atoms with Crippen LogP contribution >= 0.6 is 11.8 Å². The number of rotatable bonds is 13. The summed E-state index contributed by atoms with van der Waals surface area (Å²) in [6.07, 6.45) is 3.40.